The molecule has 0 aromatic carbocycles. The number of hydrogen-bond donors (Lipinski definition) is 0. The number of methoxy groups -OCH3 is 1. The zero-order valence-corrected chi connectivity index (χ0v) is 8.96. The van der Waals surface area contributed by atoms with Gasteiger partial charge in [-0.3, -0.25) is 4.79 Å². The average Bonchev–Trinajstić information content (AvgIpc) is 2.84. The van der Waals surface area contributed by atoms with Crippen molar-refractivity contribution in [3.63, 3.8) is 0 Å². The van der Waals surface area contributed by atoms with Crippen molar-refractivity contribution in [2.24, 2.45) is 5.41 Å². The quantitative estimate of drug-likeness (QED) is 0.618. The first-order valence-corrected chi connectivity index (χ1v) is 4.76. The fourth-order valence-electron chi connectivity index (χ4n) is 1.61. The van der Waals surface area contributed by atoms with E-state index in [0.717, 1.165) is 6.54 Å². The van der Waals surface area contributed by atoms with Crippen molar-refractivity contribution in [1.29, 1.82) is 0 Å². The normalized spacial score (nSPS) is 17.6. The van der Waals surface area contributed by atoms with Crippen LogP contribution in [0.5, 0.6) is 0 Å². The number of nitrogens with zero attached hydrogens (tertiary/aromatic N) is 1. The average molecular weight is 185 g/mol. The number of carbonyl (C=O) groups excluding carboxylic acids is 1. The molecule has 0 radical (unpaired) electrons. The second-order valence-electron chi connectivity index (χ2n) is 4.52. The standard InChI is InChI=1S/C10H19NO2/c1-10(2,9(12)13-4)7-11(3)8-5-6-8/h8H,5-7H2,1-4H3. The van der Waals surface area contributed by atoms with E-state index in [0.29, 0.717) is 6.04 Å². The van der Waals surface area contributed by atoms with Crippen LogP contribution in [0, 0.1) is 5.41 Å². The van der Waals surface area contributed by atoms with Gasteiger partial charge in [0.15, 0.2) is 0 Å². The number of ether oxygens (including phenoxy) is 1. The lowest BCUT2D eigenvalue weighted by Crippen LogP contribution is -2.38. The Bertz CT molecular complexity index is 197. The molecule has 3 heteroatoms. The monoisotopic (exact) mass is 185 g/mol. The summed E-state index contributed by atoms with van der Waals surface area (Å²) in [5.41, 5.74) is -0.383. The van der Waals surface area contributed by atoms with Gasteiger partial charge in [0.25, 0.3) is 0 Å². The van der Waals surface area contributed by atoms with Crippen LogP contribution in [0.25, 0.3) is 0 Å². The van der Waals surface area contributed by atoms with Crippen LogP contribution in [0.4, 0.5) is 0 Å². The van der Waals surface area contributed by atoms with E-state index >= 15 is 0 Å². The van der Waals surface area contributed by atoms with Gasteiger partial charge >= 0.3 is 5.97 Å². The van der Waals surface area contributed by atoms with Crippen LogP contribution in [0.15, 0.2) is 0 Å². The van der Waals surface area contributed by atoms with Crippen LogP contribution < -0.4 is 0 Å². The molecule has 0 heterocycles. The Kier molecular flexibility index (Phi) is 2.96. The largest absolute Gasteiger partial charge is 0.469 e. The molecule has 0 aromatic heterocycles. The van der Waals surface area contributed by atoms with Gasteiger partial charge in [0.05, 0.1) is 12.5 Å². The molecular formula is C10H19NO2. The lowest BCUT2D eigenvalue weighted by atomic mass is 9.93. The zero-order chi connectivity index (χ0) is 10.1. The van der Waals surface area contributed by atoms with Crippen molar-refractivity contribution in [1.82, 2.24) is 4.90 Å². The Morgan fingerprint density at radius 2 is 2.08 bits per heavy atom. The van der Waals surface area contributed by atoms with Gasteiger partial charge in [0.2, 0.25) is 0 Å². The van der Waals surface area contributed by atoms with E-state index in [1.165, 1.54) is 20.0 Å². The third kappa shape index (κ3) is 2.69. The summed E-state index contributed by atoms with van der Waals surface area (Å²) in [5, 5.41) is 0. The second kappa shape index (κ2) is 3.66. The summed E-state index contributed by atoms with van der Waals surface area (Å²) in [6.07, 6.45) is 2.54. The first-order chi connectivity index (χ1) is 5.97. The summed E-state index contributed by atoms with van der Waals surface area (Å²) < 4.78 is 4.75. The van der Waals surface area contributed by atoms with Gasteiger partial charge in [-0.05, 0) is 33.7 Å². The Balaban J connectivity index is 2.44. The molecule has 0 atom stereocenters. The number of hydrogen-bond acceptors (Lipinski definition) is 3. The highest BCUT2D eigenvalue weighted by atomic mass is 16.5. The van der Waals surface area contributed by atoms with E-state index in [4.69, 9.17) is 4.74 Å². The van der Waals surface area contributed by atoms with Crippen molar-refractivity contribution in [3.8, 4) is 0 Å². The van der Waals surface area contributed by atoms with Crippen molar-refractivity contribution in [3.05, 3.63) is 0 Å². The minimum absolute atomic E-state index is 0.125. The predicted octanol–water partition coefficient (Wildman–Crippen LogP) is 1.28. The van der Waals surface area contributed by atoms with Crippen LogP contribution in [-0.4, -0.2) is 37.6 Å². The Morgan fingerprint density at radius 3 is 2.46 bits per heavy atom. The van der Waals surface area contributed by atoms with Gasteiger partial charge in [-0.15, -0.1) is 0 Å². The van der Waals surface area contributed by atoms with Gasteiger partial charge in [-0.2, -0.15) is 0 Å². The van der Waals surface area contributed by atoms with E-state index < -0.39 is 0 Å². The van der Waals surface area contributed by atoms with Crippen LogP contribution in [-0.2, 0) is 9.53 Å². The van der Waals surface area contributed by atoms with E-state index in [1.807, 2.05) is 13.8 Å². The van der Waals surface area contributed by atoms with Crippen LogP contribution in [0.3, 0.4) is 0 Å². The molecule has 1 aliphatic rings. The third-order valence-corrected chi connectivity index (χ3v) is 2.55. The Morgan fingerprint density at radius 1 is 1.54 bits per heavy atom. The molecule has 0 N–H and O–H groups in total. The summed E-state index contributed by atoms with van der Waals surface area (Å²) >= 11 is 0. The van der Waals surface area contributed by atoms with Gasteiger partial charge in [-0.1, -0.05) is 0 Å². The molecule has 1 aliphatic carbocycles. The summed E-state index contributed by atoms with van der Waals surface area (Å²) in [7, 11) is 3.52. The van der Waals surface area contributed by atoms with Crippen LogP contribution in [0.2, 0.25) is 0 Å². The van der Waals surface area contributed by atoms with Crippen LogP contribution >= 0.6 is 0 Å². The molecular weight excluding hydrogens is 166 g/mol. The fourth-order valence-corrected chi connectivity index (χ4v) is 1.61. The number of carbonyl (C=O) groups is 1. The third-order valence-electron chi connectivity index (χ3n) is 2.55. The molecule has 1 fully saturated rings. The summed E-state index contributed by atoms with van der Waals surface area (Å²) in [4.78, 5) is 13.6. The van der Waals surface area contributed by atoms with E-state index in [9.17, 15) is 4.79 Å². The molecule has 0 amide bonds. The molecule has 0 saturated heterocycles. The highest BCUT2D eigenvalue weighted by Crippen LogP contribution is 2.29. The molecule has 0 aromatic rings. The smallest absolute Gasteiger partial charge is 0.312 e. The maximum Gasteiger partial charge on any atom is 0.312 e. The molecule has 1 saturated carbocycles. The van der Waals surface area contributed by atoms with Gasteiger partial charge < -0.3 is 9.64 Å². The fraction of sp³-hybridized carbons (Fsp3) is 0.900. The summed E-state index contributed by atoms with van der Waals surface area (Å²) in [6.45, 7) is 4.64. The molecule has 0 unspecified atom stereocenters. The van der Waals surface area contributed by atoms with Gasteiger partial charge in [0.1, 0.15) is 0 Å². The van der Waals surface area contributed by atoms with E-state index in [1.54, 1.807) is 0 Å². The molecule has 0 aliphatic heterocycles. The SMILES string of the molecule is COC(=O)C(C)(C)CN(C)C1CC1. The van der Waals surface area contributed by atoms with Crippen LogP contribution in [0.1, 0.15) is 26.7 Å². The van der Waals surface area contributed by atoms with Gasteiger partial charge in [-0.25, -0.2) is 0 Å². The molecule has 0 spiro atoms. The van der Waals surface area contributed by atoms with E-state index in [-0.39, 0.29) is 11.4 Å². The van der Waals surface area contributed by atoms with Crippen molar-refractivity contribution >= 4 is 5.97 Å². The van der Waals surface area contributed by atoms with E-state index in [2.05, 4.69) is 11.9 Å². The number of esters is 1. The minimum atomic E-state index is -0.383. The summed E-state index contributed by atoms with van der Waals surface area (Å²) in [6, 6.07) is 0.698. The van der Waals surface area contributed by atoms with Gasteiger partial charge in [0, 0.05) is 12.6 Å². The topological polar surface area (TPSA) is 29.5 Å². The number of rotatable bonds is 4. The lowest BCUT2D eigenvalue weighted by Gasteiger charge is -2.27. The Labute approximate surface area is 80.1 Å². The molecule has 76 valence electrons. The second-order valence-corrected chi connectivity index (χ2v) is 4.52. The maximum absolute atomic E-state index is 11.4. The molecule has 0 bridgehead atoms. The molecule has 13 heavy (non-hydrogen) atoms. The highest BCUT2D eigenvalue weighted by Gasteiger charge is 2.35. The van der Waals surface area contributed by atoms with Crippen molar-refractivity contribution < 1.29 is 9.53 Å². The first-order valence-electron chi connectivity index (χ1n) is 4.76. The zero-order valence-electron chi connectivity index (χ0n) is 8.96. The Hall–Kier alpha value is -0.570. The first kappa shape index (κ1) is 10.5. The molecule has 3 nitrogen and oxygen atoms in total. The lowest BCUT2D eigenvalue weighted by molar-refractivity contribution is -0.151. The van der Waals surface area contributed by atoms with Crippen molar-refractivity contribution in [2.45, 2.75) is 32.7 Å². The molecule has 1 rings (SSSR count). The van der Waals surface area contributed by atoms with Crippen molar-refractivity contribution in [2.75, 3.05) is 20.7 Å². The minimum Gasteiger partial charge on any atom is -0.469 e. The predicted molar refractivity (Wildman–Crippen MR) is 51.4 cm³/mol. The summed E-state index contributed by atoms with van der Waals surface area (Å²) in [5.74, 6) is -0.125. The maximum atomic E-state index is 11.4. The highest BCUT2D eigenvalue weighted by molar-refractivity contribution is 5.76.